The normalized spacial score (nSPS) is 13.1. The summed E-state index contributed by atoms with van der Waals surface area (Å²) in [7, 11) is 0. The summed E-state index contributed by atoms with van der Waals surface area (Å²) < 4.78 is 51.9. The Morgan fingerprint density at radius 3 is 2.46 bits per heavy atom. The summed E-state index contributed by atoms with van der Waals surface area (Å²) in [6.45, 7) is 3.76. The average molecular weight is 512 g/mol. The number of alkyl halides is 3. The van der Waals surface area contributed by atoms with Gasteiger partial charge < -0.3 is 19.4 Å². The van der Waals surface area contributed by atoms with Gasteiger partial charge in [-0.05, 0) is 49.8 Å². The van der Waals surface area contributed by atoms with Crippen LogP contribution < -0.4 is 14.8 Å². The highest BCUT2D eigenvalue weighted by Crippen LogP contribution is 2.39. The van der Waals surface area contributed by atoms with E-state index in [1.807, 2.05) is 0 Å². The van der Waals surface area contributed by atoms with Crippen molar-refractivity contribution < 1.29 is 32.4 Å². The molecule has 0 saturated carbocycles. The molecule has 1 aliphatic rings. The quantitative estimate of drug-likeness (QED) is 0.213. The fraction of sp³-hybridized carbons (Fsp3) is 0.200. The highest BCUT2D eigenvalue weighted by Gasteiger charge is 2.31. The van der Waals surface area contributed by atoms with E-state index in [1.165, 1.54) is 24.3 Å². The van der Waals surface area contributed by atoms with Gasteiger partial charge in [0.1, 0.15) is 30.5 Å². The largest absolute Gasteiger partial charge is 0.486 e. The van der Waals surface area contributed by atoms with Crippen LogP contribution in [0.4, 0.5) is 24.5 Å². The summed E-state index contributed by atoms with van der Waals surface area (Å²) in [6.07, 6.45) is -3.25. The number of fused-ring (bicyclic) bond motifs is 1. The van der Waals surface area contributed by atoms with E-state index < -0.39 is 28.3 Å². The van der Waals surface area contributed by atoms with Crippen LogP contribution in [-0.4, -0.2) is 28.6 Å². The second kappa shape index (κ2) is 9.69. The van der Waals surface area contributed by atoms with E-state index in [0.29, 0.717) is 17.0 Å². The Morgan fingerprint density at radius 2 is 1.84 bits per heavy atom. The highest BCUT2D eigenvalue weighted by atomic mass is 19.4. The summed E-state index contributed by atoms with van der Waals surface area (Å²) in [5.41, 5.74) is -0.0720. The number of carbonyl (C=O) groups is 1. The fourth-order valence-corrected chi connectivity index (χ4v) is 3.98. The van der Waals surface area contributed by atoms with Crippen molar-refractivity contribution in [2.45, 2.75) is 20.0 Å². The minimum atomic E-state index is -4.52. The number of ether oxygens (including phenoxy) is 2. The number of hydrogen-bond donors (Lipinski definition) is 1. The van der Waals surface area contributed by atoms with Gasteiger partial charge in [0, 0.05) is 23.1 Å². The number of rotatable bonds is 5. The number of nitro groups is 1. The molecule has 9 nitrogen and oxygen atoms in total. The Kier molecular flexibility index (Phi) is 6.63. The van der Waals surface area contributed by atoms with Crippen molar-refractivity contribution in [1.29, 1.82) is 5.26 Å². The SMILES string of the molecule is Cc1cc(/C=C(/C#N)C(=O)Nc2cc3c(cc2[N+](=O)[O-])OCCO3)c(C)n1-c1cccc(C(F)(F)F)c1. The zero-order valence-electron chi connectivity index (χ0n) is 19.5. The number of nitrogens with zero attached hydrogens (tertiary/aromatic N) is 3. The molecular formula is C25H19F3N4O5. The number of anilines is 1. The molecule has 1 amide bonds. The zero-order chi connectivity index (χ0) is 26.9. The number of hydrogen-bond acceptors (Lipinski definition) is 6. The van der Waals surface area contributed by atoms with Crippen LogP contribution in [0.25, 0.3) is 11.8 Å². The molecule has 0 bridgehead atoms. The van der Waals surface area contributed by atoms with Gasteiger partial charge in [-0.2, -0.15) is 18.4 Å². The van der Waals surface area contributed by atoms with Gasteiger partial charge in [0.25, 0.3) is 11.6 Å². The molecule has 3 aromatic rings. The lowest BCUT2D eigenvalue weighted by atomic mass is 10.1. The number of benzene rings is 2. The predicted octanol–water partition coefficient (Wildman–Crippen LogP) is 5.34. The molecule has 37 heavy (non-hydrogen) atoms. The van der Waals surface area contributed by atoms with Crippen molar-refractivity contribution >= 4 is 23.4 Å². The molecule has 190 valence electrons. The van der Waals surface area contributed by atoms with E-state index in [-0.39, 0.29) is 41.7 Å². The van der Waals surface area contributed by atoms with Gasteiger partial charge in [0.2, 0.25) is 0 Å². The molecule has 0 radical (unpaired) electrons. The van der Waals surface area contributed by atoms with Crippen LogP contribution in [0.15, 0.2) is 48.0 Å². The van der Waals surface area contributed by atoms with Crippen LogP contribution in [-0.2, 0) is 11.0 Å². The van der Waals surface area contributed by atoms with Crippen LogP contribution >= 0.6 is 0 Å². The van der Waals surface area contributed by atoms with Gasteiger partial charge in [-0.25, -0.2) is 0 Å². The maximum Gasteiger partial charge on any atom is 0.416 e. The van der Waals surface area contributed by atoms with Crippen LogP contribution in [0.1, 0.15) is 22.5 Å². The van der Waals surface area contributed by atoms with E-state index in [9.17, 15) is 33.3 Å². The minimum absolute atomic E-state index is 0.161. The third kappa shape index (κ3) is 5.11. The topological polar surface area (TPSA) is 119 Å². The Hall–Kier alpha value is -4.79. The van der Waals surface area contributed by atoms with Crippen LogP contribution in [0.5, 0.6) is 11.5 Å². The van der Waals surface area contributed by atoms with Crippen molar-refractivity contribution in [3.63, 3.8) is 0 Å². The number of halogens is 3. The third-order valence-electron chi connectivity index (χ3n) is 5.67. The van der Waals surface area contributed by atoms with Gasteiger partial charge in [-0.3, -0.25) is 14.9 Å². The molecule has 1 N–H and O–H groups in total. The summed E-state index contributed by atoms with van der Waals surface area (Å²) in [6, 6.07) is 10.5. The second-order valence-electron chi connectivity index (χ2n) is 8.10. The first-order chi connectivity index (χ1) is 17.5. The average Bonchev–Trinajstić information content (AvgIpc) is 3.13. The Balaban J connectivity index is 1.68. The Labute approximate surface area is 208 Å². The van der Waals surface area contributed by atoms with Crippen molar-refractivity contribution in [3.05, 3.63) is 80.7 Å². The number of carbonyl (C=O) groups excluding carboxylic acids is 1. The lowest BCUT2D eigenvalue weighted by Gasteiger charge is -2.19. The molecule has 0 aliphatic carbocycles. The Morgan fingerprint density at radius 1 is 1.16 bits per heavy atom. The van der Waals surface area contributed by atoms with Crippen molar-refractivity contribution in [3.8, 4) is 23.3 Å². The standard InChI is InChI=1S/C25H19F3N4O5/c1-14-8-16(15(2)31(14)19-5-3-4-18(10-19)25(26,27)28)9-17(13-29)24(33)30-20-11-22-23(37-7-6-36-22)12-21(20)32(34)35/h3-5,8-12H,6-7H2,1-2H3,(H,30,33)/b17-9-. The van der Waals surface area contributed by atoms with E-state index in [2.05, 4.69) is 5.32 Å². The van der Waals surface area contributed by atoms with Crippen LogP contribution in [0.3, 0.4) is 0 Å². The van der Waals surface area contributed by atoms with Crippen molar-refractivity contribution in [2.24, 2.45) is 0 Å². The van der Waals surface area contributed by atoms with Gasteiger partial charge in [-0.1, -0.05) is 6.07 Å². The maximum atomic E-state index is 13.2. The van der Waals surface area contributed by atoms with Gasteiger partial charge in [0.05, 0.1) is 16.6 Å². The van der Waals surface area contributed by atoms with Crippen LogP contribution in [0.2, 0.25) is 0 Å². The molecule has 0 spiro atoms. The molecule has 1 aromatic heterocycles. The summed E-state index contributed by atoms with van der Waals surface area (Å²) in [4.78, 5) is 23.7. The Bertz CT molecular complexity index is 1480. The van der Waals surface area contributed by atoms with Crippen molar-refractivity contribution in [2.75, 3.05) is 18.5 Å². The number of amides is 1. The predicted molar refractivity (Wildman–Crippen MR) is 127 cm³/mol. The second-order valence-corrected chi connectivity index (χ2v) is 8.10. The molecule has 0 fully saturated rings. The van der Waals surface area contributed by atoms with Gasteiger partial charge in [0.15, 0.2) is 11.5 Å². The van der Waals surface area contributed by atoms with Gasteiger partial charge >= 0.3 is 6.18 Å². The molecule has 0 saturated heterocycles. The first-order valence-electron chi connectivity index (χ1n) is 10.9. The molecule has 12 heteroatoms. The lowest BCUT2D eigenvalue weighted by molar-refractivity contribution is -0.384. The molecule has 1 aliphatic heterocycles. The molecule has 2 heterocycles. The number of nitrogens with one attached hydrogen (secondary N) is 1. The van der Waals surface area contributed by atoms with Gasteiger partial charge in [-0.15, -0.1) is 0 Å². The van der Waals surface area contributed by atoms with Crippen LogP contribution in [0, 0.1) is 35.3 Å². The number of aryl methyl sites for hydroxylation is 1. The molecule has 4 rings (SSSR count). The fourth-order valence-electron chi connectivity index (χ4n) is 3.98. The maximum absolute atomic E-state index is 13.2. The molecule has 2 aromatic carbocycles. The third-order valence-corrected chi connectivity index (χ3v) is 5.67. The number of nitro benzene ring substituents is 1. The number of nitriles is 1. The van der Waals surface area contributed by atoms with E-state index in [1.54, 1.807) is 30.6 Å². The van der Waals surface area contributed by atoms with E-state index in [0.717, 1.165) is 18.2 Å². The summed E-state index contributed by atoms with van der Waals surface area (Å²) in [5, 5.41) is 23.5. The molecular weight excluding hydrogens is 493 g/mol. The number of aromatic nitrogens is 1. The monoisotopic (exact) mass is 512 g/mol. The molecule has 0 unspecified atom stereocenters. The van der Waals surface area contributed by atoms with E-state index >= 15 is 0 Å². The first-order valence-corrected chi connectivity index (χ1v) is 10.9. The lowest BCUT2D eigenvalue weighted by Crippen LogP contribution is -2.18. The molecule has 0 atom stereocenters. The summed E-state index contributed by atoms with van der Waals surface area (Å²) >= 11 is 0. The van der Waals surface area contributed by atoms with Crippen molar-refractivity contribution in [1.82, 2.24) is 4.57 Å². The zero-order valence-corrected chi connectivity index (χ0v) is 19.5. The minimum Gasteiger partial charge on any atom is -0.486 e. The summed E-state index contributed by atoms with van der Waals surface area (Å²) in [5.74, 6) is -0.542. The highest BCUT2D eigenvalue weighted by molar-refractivity contribution is 6.10. The first kappa shape index (κ1) is 25.3. The van der Waals surface area contributed by atoms with E-state index in [4.69, 9.17) is 9.47 Å². The smallest absolute Gasteiger partial charge is 0.416 e.